The Morgan fingerprint density at radius 1 is 1.29 bits per heavy atom. The lowest BCUT2D eigenvalue weighted by Crippen LogP contribution is -2.41. The number of amides is 1. The second-order valence-electron chi connectivity index (χ2n) is 6.45. The van der Waals surface area contributed by atoms with Crippen LogP contribution >= 0.6 is 11.6 Å². The molecule has 1 fully saturated rings. The van der Waals surface area contributed by atoms with Gasteiger partial charge in [-0.1, -0.05) is 36.5 Å². The zero-order chi connectivity index (χ0) is 16.9. The molecule has 2 atom stereocenters. The Kier molecular flexibility index (Phi) is 5.51. The molecule has 1 aromatic carbocycles. The number of carbonyl (C=O) groups excluding carboxylic acids is 1. The number of hydrogen-bond acceptors (Lipinski definition) is 4. The highest BCUT2D eigenvalue weighted by atomic mass is 35.5. The van der Waals surface area contributed by atoms with Crippen LogP contribution in [0.2, 0.25) is 5.02 Å². The van der Waals surface area contributed by atoms with Gasteiger partial charge in [0, 0.05) is 29.5 Å². The maximum Gasteiger partial charge on any atom is 0.227 e. The maximum absolute atomic E-state index is 12.1. The number of carbonyl (C=O) groups is 1. The smallest absolute Gasteiger partial charge is 0.227 e. The molecule has 0 saturated heterocycles. The zero-order valence-electron chi connectivity index (χ0n) is 13.8. The van der Waals surface area contributed by atoms with E-state index in [4.69, 9.17) is 16.1 Å². The molecule has 128 valence electrons. The van der Waals surface area contributed by atoms with Crippen LogP contribution in [0.1, 0.15) is 44.9 Å². The third kappa shape index (κ3) is 4.35. The third-order valence-electron chi connectivity index (χ3n) is 4.59. The van der Waals surface area contributed by atoms with E-state index in [0.717, 1.165) is 12.0 Å². The first-order valence-electron chi connectivity index (χ1n) is 8.49. The van der Waals surface area contributed by atoms with Gasteiger partial charge in [0.1, 0.15) is 0 Å². The lowest BCUT2D eigenvalue weighted by Gasteiger charge is -2.29. The normalized spacial score (nSPS) is 20.8. The number of halogens is 1. The summed E-state index contributed by atoms with van der Waals surface area (Å²) in [6, 6.07) is 7.55. The molecule has 1 amide bonds. The Labute approximate surface area is 146 Å². The first kappa shape index (κ1) is 17.0. The Morgan fingerprint density at radius 3 is 2.79 bits per heavy atom. The number of aryl methyl sites for hydroxylation is 1. The molecule has 2 unspecified atom stereocenters. The molecule has 0 spiro atoms. The molecule has 0 aliphatic heterocycles. The molecule has 1 N–H and O–H groups in total. The van der Waals surface area contributed by atoms with Crippen LogP contribution in [0.25, 0.3) is 11.4 Å². The van der Waals surface area contributed by atoms with Crippen molar-refractivity contribution >= 4 is 17.5 Å². The Hall–Kier alpha value is -1.88. The van der Waals surface area contributed by atoms with Gasteiger partial charge < -0.3 is 9.84 Å². The predicted molar refractivity (Wildman–Crippen MR) is 92.6 cm³/mol. The fraction of sp³-hybridized carbons (Fsp3) is 0.500. The molecule has 0 radical (unpaired) electrons. The summed E-state index contributed by atoms with van der Waals surface area (Å²) in [5.74, 6) is 1.61. The van der Waals surface area contributed by atoms with E-state index in [-0.39, 0.29) is 5.91 Å². The van der Waals surface area contributed by atoms with E-state index in [2.05, 4.69) is 22.4 Å². The van der Waals surface area contributed by atoms with E-state index in [1.165, 1.54) is 19.3 Å². The third-order valence-corrected chi connectivity index (χ3v) is 4.85. The second kappa shape index (κ2) is 7.79. The Balaban J connectivity index is 1.51. The van der Waals surface area contributed by atoms with Crippen LogP contribution in [0.3, 0.4) is 0 Å². The molecule has 5 nitrogen and oxygen atoms in total. The van der Waals surface area contributed by atoms with Gasteiger partial charge in [-0.05, 0) is 43.0 Å². The minimum absolute atomic E-state index is 0.0555. The number of hydrogen-bond donors (Lipinski definition) is 1. The lowest BCUT2D eigenvalue weighted by atomic mass is 9.86. The molecule has 24 heavy (non-hydrogen) atoms. The molecule has 3 rings (SSSR count). The molecule has 1 saturated carbocycles. The SMILES string of the molecule is CC1CCCCC1NC(=O)CCc1nc(-c2ccc(Cl)cc2)no1. The quantitative estimate of drug-likeness (QED) is 0.887. The standard InChI is InChI=1S/C18H22ClN3O2/c1-12-4-2-3-5-15(12)20-16(23)10-11-17-21-18(22-24-17)13-6-8-14(19)9-7-13/h6-9,12,15H,2-5,10-11H2,1H3,(H,20,23). The van der Waals surface area contributed by atoms with Crippen molar-refractivity contribution in [1.29, 1.82) is 0 Å². The van der Waals surface area contributed by atoms with Gasteiger partial charge in [-0.15, -0.1) is 0 Å². The molecule has 2 aromatic rings. The summed E-state index contributed by atoms with van der Waals surface area (Å²) in [5, 5.41) is 7.76. The van der Waals surface area contributed by atoms with Gasteiger partial charge in [0.2, 0.25) is 17.6 Å². The topological polar surface area (TPSA) is 68.0 Å². The second-order valence-corrected chi connectivity index (χ2v) is 6.89. The van der Waals surface area contributed by atoms with E-state index in [0.29, 0.717) is 41.5 Å². The predicted octanol–water partition coefficient (Wildman–Crippen LogP) is 4.02. The summed E-state index contributed by atoms with van der Waals surface area (Å²) in [6.45, 7) is 2.21. The van der Waals surface area contributed by atoms with E-state index in [1.807, 2.05) is 12.1 Å². The van der Waals surface area contributed by atoms with Crippen molar-refractivity contribution in [1.82, 2.24) is 15.5 Å². The Bertz CT molecular complexity index is 684. The molecular formula is C18H22ClN3O2. The first-order chi connectivity index (χ1) is 11.6. The number of rotatable bonds is 5. The maximum atomic E-state index is 12.1. The summed E-state index contributed by atoms with van der Waals surface area (Å²) < 4.78 is 5.24. The van der Waals surface area contributed by atoms with Crippen molar-refractivity contribution in [2.75, 3.05) is 0 Å². The lowest BCUT2D eigenvalue weighted by molar-refractivity contribution is -0.122. The monoisotopic (exact) mass is 347 g/mol. The van der Waals surface area contributed by atoms with Gasteiger partial charge >= 0.3 is 0 Å². The van der Waals surface area contributed by atoms with Gasteiger partial charge in [0.15, 0.2) is 0 Å². The van der Waals surface area contributed by atoms with Gasteiger partial charge in [-0.25, -0.2) is 0 Å². The minimum Gasteiger partial charge on any atom is -0.353 e. The van der Waals surface area contributed by atoms with Crippen LogP contribution in [0.15, 0.2) is 28.8 Å². The van der Waals surface area contributed by atoms with Gasteiger partial charge in [-0.2, -0.15) is 4.98 Å². The van der Waals surface area contributed by atoms with Crippen LogP contribution in [-0.4, -0.2) is 22.1 Å². The summed E-state index contributed by atoms with van der Waals surface area (Å²) in [7, 11) is 0. The summed E-state index contributed by atoms with van der Waals surface area (Å²) in [5.41, 5.74) is 0.842. The van der Waals surface area contributed by atoms with E-state index >= 15 is 0 Å². The Morgan fingerprint density at radius 2 is 2.04 bits per heavy atom. The molecule has 1 aromatic heterocycles. The highest BCUT2D eigenvalue weighted by molar-refractivity contribution is 6.30. The highest BCUT2D eigenvalue weighted by Gasteiger charge is 2.22. The van der Waals surface area contributed by atoms with Crippen molar-refractivity contribution in [2.24, 2.45) is 5.92 Å². The molecule has 1 aliphatic carbocycles. The van der Waals surface area contributed by atoms with Gasteiger partial charge in [-0.3, -0.25) is 4.79 Å². The molecular weight excluding hydrogens is 326 g/mol. The number of nitrogens with zero attached hydrogens (tertiary/aromatic N) is 2. The molecule has 0 bridgehead atoms. The average Bonchev–Trinajstić information content (AvgIpc) is 3.05. The first-order valence-corrected chi connectivity index (χ1v) is 8.87. The van der Waals surface area contributed by atoms with E-state index in [9.17, 15) is 4.79 Å². The van der Waals surface area contributed by atoms with Gasteiger partial charge in [0.05, 0.1) is 0 Å². The largest absolute Gasteiger partial charge is 0.353 e. The summed E-state index contributed by atoms with van der Waals surface area (Å²) >= 11 is 5.87. The number of benzene rings is 1. The fourth-order valence-electron chi connectivity index (χ4n) is 3.10. The summed E-state index contributed by atoms with van der Waals surface area (Å²) in [6.07, 6.45) is 5.55. The molecule has 6 heteroatoms. The van der Waals surface area contributed by atoms with Crippen molar-refractivity contribution in [3.8, 4) is 11.4 Å². The van der Waals surface area contributed by atoms with E-state index in [1.54, 1.807) is 12.1 Å². The van der Waals surface area contributed by atoms with Crippen LogP contribution in [-0.2, 0) is 11.2 Å². The molecule has 1 aliphatic rings. The average molecular weight is 348 g/mol. The van der Waals surface area contributed by atoms with Crippen LogP contribution < -0.4 is 5.32 Å². The van der Waals surface area contributed by atoms with Crippen molar-refractivity contribution < 1.29 is 9.32 Å². The van der Waals surface area contributed by atoms with Gasteiger partial charge in [0.25, 0.3) is 0 Å². The van der Waals surface area contributed by atoms with Crippen LogP contribution in [0.5, 0.6) is 0 Å². The van der Waals surface area contributed by atoms with Crippen molar-refractivity contribution in [3.05, 3.63) is 35.2 Å². The minimum atomic E-state index is 0.0555. The highest BCUT2D eigenvalue weighted by Crippen LogP contribution is 2.24. The van der Waals surface area contributed by atoms with Crippen LogP contribution in [0.4, 0.5) is 0 Å². The van der Waals surface area contributed by atoms with Crippen LogP contribution in [0, 0.1) is 5.92 Å². The van der Waals surface area contributed by atoms with E-state index < -0.39 is 0 Å². The zero-order valence-corrected chi connectivity index (χ0v) is 14.6. The van der Waals surface area contributed by atoms with Crippen molar-refractivity contribution in [2.45, 2.75) is 51.5 Å². The van der Waals surface area contributed by atoms with Crippen molar-refractivity contribution in [3.63, 3.8) is 0 Å². The summed E-state index contributed by atoms with van der Waals surface area (Å²) in [4.78, 5) is 16.5. The molecule has 1 heterocycles. The fourth-order valence-corrected chi connectivity index (χ4v) is 3.23. The number of nitrogens with one attached hydrogen (secondary N) is 1. The number of aromatic nitrogens is 2.